The highest BCUT2D eigenvalue weighted by molar-refractivity contribution is 5.44. The third-order valence-corrected chi connectivity index (χ3v) is 4.61. The highest BCUT2D eigenvalue weighted by atomic mass is 16.5. The van der Waals surface area contributed by atoms with Gasteiger partial charge >= 0.3 is 0 Å². The van der Waals surface area contributed by atoms with E-state index in [4.69, 9.17) is 9.47 Å². The summed E-state index contributed by atoms with van der Waals surface area (Å²) in [5.41, 5.74) is 2.42. The van der Waals surface area contributed by atoms with E-state index < -0.39 is 0 Å². The summed E-state index contributed by atoms with van der Waals surface area (Å²) in [7, 11) is 1.70. The van der Waals surface area contributed by atoms with Crippen molar-refractivity contribution in [1.29, 1.82) is 0 Å². The third-order valence-electron chi connectivity index (χ3n) is 4.61. The molecule has 0 amide bonds. The summed E-state index contributed by atoms with van der Waals surface area (Å²) < 4.78 is 11.5. The molecule has 0 aromatic heterocycles. The highest BCUT2D eigenvalue weighted by Crippen LogP contribution is 2.32. The van der Waals surface area contributed by atoms with Gasteiger partial charge in [-0.2, -0.15) is 0 Å². The van der Waals surface area contributed by atoms with Gasteiger partial charge in [-0.05, 0) is 30.2 Å². The van der Waals surface area contributed by atoms with E-state index in [-0.39, 0.29) is 0 Å². The number of rotatable bonds is 6. The maximum absolute atomic E-state index is 5.95. The van der Waals surface area contributed by atoms with Crippen LogP contribution in [-0.4, -0.2) is 38.2 Å². The minimum atomic E-state index is 0.379. The lowest BCUT2D eigenvalue weighted by Gasteiger charge is -2.33. The predicted octanol–water partition coefficient (Wildman–Crippen LogP) is 3.24. The molecule has 1 atom stereocenters. The smallest absolute Gasteiger partial charge is 0.161 e. The number of ether oxygens (including phenoxy) is 2. The van der Waals surface area contributed by atoms with Gasteiger partial charge in [-0.15, -0.1) is 0 Å². The Balaban J connectivity index is 1.70. The van der Waals surface area contributed by atoms with Crippen LogP contribution in [-0.2, 0) is 6.61 Å². The molecule has 3 rings (SSSR count). The molecular formula is C20H26N2O2. The molecule has 0 spiro atoms. The molecule has 2 aromatic carbocycles. The summed E-state index contributed by atoms with van der Waals surface area (Å²) in [4.78, 5) is 2.50. The molecule has 4 heteroatoms. The number of methoxy groups -OCH3 is 1. The van der Waals surface area contributed by atoms with E-state index in [2.05, 4.69) is 41.4 Å². The van der Waals surface area contributed by atoms with Crippen LogP contribution >= 0.6 is 0 Å². The van der Waals surface area contributed by atoms with Crippen LogP contribution in [0, 0.1) is 0 Å². The Labute approximate surface area is 144 Å². The summed E-state index contributed by atoms with van der Waals surface area (Å²) >= 11 is 0. The molecule has 1 aliphatic rings. The second kappa shape index (κ2) is 8.18. The van der Waals surface area contributed by atoms with Crippen LogP contribution in [0.1, 0.15) is 24.1 Å². The quantitative estimate of drug-likeness (QED) is 0.883. The first-order valence-corrected chi connectivity index (χ1v) is 8.57. The van der Waals surface area contributed by atoms with Gasteiger partial charge in [-0.1, -0.05) is 36.4 Å². The molecule has 0 radical (unpaired) electrons. The first-order chi connectivity index (χ1) is 11.8. The fraction of sp³-hybridized carbons (Fsp3) is 0.400. The SMILES string of the molecule is COc1cc([C@H](C)N2CCNCC2)ccc1OCc1ccccc1. The van der Waals surface area contributed by atoms with E-state index in [1.54, 1.807) is 7.11 Å². The Hall–Kier alpha value is -2.04. The van der Waals surface area contributed by atoms with Gasteiger partial charge in [-0.25, -0.2) is 0 Å². The zero-order valence-electron chi connectivity index (χ0n) is 14.5. The Morgan fingerprint density at radius 3 is 2.50 bits per heavy atom. The van der Waals surface area contributed by atoms with E-state index in [0.29, 0.717) is 12.6 Å². The fourth-order valence-corrected chi connectivity index (χ4v) is 3.08. The van der Waals surface area contributed by atoms with Gasteiger partial charge in [0.15, 0.2) is 11.5 Å². The Morgan fingerprint density at radius 1 is 1.04 bits per heavy atom. The van der Waals surface area contributed by atoms with Crippen molar-refractivity contribution < 1.29 is 9.47 Å². The van der Waals surface area contributed by atoms with Crippen molar-refractivity contribution in [2.24, 2.45) is 0 Å². The van der Waals surface area contributed by atoms with Crippen LogP contribution in [0.4, 0.5) is 0 Å². The van der Waals surface area contributed by atoms with Crippen LogP contribution < -0.4 is 14.8 Å². The van der Waals surface area contributed by atoms with Crippen LogP contribution in [0.2, 0.25) is 0 Å². The molecule has 1 fully saturated rings. The van der Waals surface area contributed by atoms with Crippen molar-refractivity contribution in [2.45, 2.75) is 19.6 Å². The Morgan fingerprint density at radius 2 is 1.79 bits per heavy atom. The van der Waals surface area contributed by atoms with Gasteiger partial charge in [0.05, 0.1) is 7.11 Å². The van der Waals surface area contributed by atoms with Crippen molar-refractivity contribution in [3.05, 3.63) is 59.7 Å². The first-order valence-electron chi connectivity index (χ1n) is 8.57. The molecule has 0 aliphatic carbocycles. The first kappa shape index (κ1) is 16.8. The van der Waals surface area contributed by atoms with E-state index in [1.165, 1.54) is 5.56 Å². The number of nitrogens with zero attached hydrogens (tertiary/aromatic N) is 1. The standard InChI is InChI=1S/C20H26N2O2/c1-16(22-12-10-21-11-13-22)18-8-9-19(20(14-18)23-2)24-15-17-6-4-3-5-7-17/h3-9,14,16,21H,10-13,15H2,1-2H3/t16-/m0/s1. The molecule has 1 N–H and O–H groups in total. The lowest BCUT2D eigenvalue weighted by molar-refractivity contribution is 0.185. The third kappa shape index (κ3) is 4.08. The number of hydrogen-bond donors (Lipinski definition) is 1. The summed E-state index contributed by atoms with van der Waals surface area (Å²) in [6.45, 7) is 7.07. The van der Waals surface area contributed by atoms with E-state index >= 15 is 0 Å². The van der Waals surface area contributed by atoms with E-state index in [9.17, 15) is 0 Å². The van der Waals surface area contributed by atoms with Crippen molar-refractivity contribution >= 4 is 0 Å². The number of hydrogen-bond acceptors (Lipinski definition) is 4. The Bertz CT molecular complexity index is 639. The average molecular weight is 326 g/mol. The molecule has 1 saturated heterocycles. The summed E-state index contributed by atoms with van der Waals surface area (Å²) in [5.74, 6) is 1.59. The summed E-state index contributed by atoms with van der Waals surface area (Å²) in [6.07, 6.45) is 0. The minimum absolute atomic E-state index is 0.379. The predicted molar refractivity (Wildman–Crippen MR) is 96.6 cm³/mol. The lowest BCUT2D eigenvalue weighted by Crippen LogP contribution is -2.44. The molecule has 2 aromatic rings. The molecule has 1 aliphatic heterocycles. The molecule has 4 nitrogen and oxygen atoms in total. The van der Waals surface area contributed by atoms with Crippen molar-refractivity contribution in [3.63, 3.8) is 0 Å². The summed E-state index contributed by atoms with van der Waals surface area (Å²) in [6, 6.07) is 16.8. The number of benzene rings is 2. The number of piperazine rings is 1. The van der Waals surface area contributed by atoms with Crippen molar-refractivity contribution in [3.8, 4) is 11.5 Å². The van der Waals surface area contributed by atoms with Gasteiger partial charge in [0.2, 0.25) is 0 Å². The second-order valence-electron chi connectivity index (χ2n) is 6.15. The van der Waals surface area contributed by atoms with Crippen LogP contribution in [0.15, 0.2) is 48.5 Å². The molecule has 1 heterocycles. The van der Waals surface area contributed by atoms with Crippen LogP contribution in [0.25, 0.3) is 0 Å². The zero-order valence-corrected chi connectivity index (χ0v) is 14.5. The normalized spacial score (nSPS) is 16.6. The molecule has 24 heavy (non-hydrogen) atoms. The maximum atomic E-state index is 5.95. The van der Waals surface area contributed by atoms with E-state index in [1.807, 2.05) is 24.3 Å². The number of nitrogens with one attached hydrogen (secondary N) is 1. The van der Waals surface area contributed by atoms with Gasteiger partial charge in [0.1, 0.15) is 6.61 Å². The van der Waals surface area contributed by atoms with Crippen LogP contribution in [0.3, 0.4) is 0 Å². The highest BCUT2D eigenvalue weighted by Gasteiger charge is 2.19. The largest absolute Gasteiger partial charge is 0.493 e. The Kier molecular flexibility index (Phi) is 5.72. The zero-order chi connectivity index (χ0) is 16.8. The van der Waals surface area contributed by atoms with Crippen molar-refractivity contribution in [1.82, 2.24) is 10.2 Å². The van der Waals surface area contributed by atoms with Gasteiger partial charge in [0, 0.05) is 32.2 Å². The average Bonchev–Trinajstić information content (AvgIpc) is 2.67. The lowest BCUT2D eigenvalue weighted by atomic mass is 10.1. The molecule has 0 unspecified atom stereocenters. The van der Waals surface area contributed by atoms with Gasteiger partial charge < -0.3 is 14.8 Å². The monoisotopic (exact) mass is 326 g/mol. The second-order valence-corrected chi connectivity index (χ2v) is 6.15. The minimum Gasteiger partial charge on any atom is -0.493 e. The van der Waals surface area contributed by atoms with Crippen LogP contribution in [0.5, 0.6) is 11.5 Å². The molecular weight excluding hydrogens is 300 g/mol. The van der Waals surface area contributed by atoms with Crippen molar-refractivity contribution in [2.75, 3.05) is 33.3 Å². The molecule has 0 bridgehead atoms. The fourth-order valence-electron chi connectivity index (χ4n) is 3.08. The van der Waals surface area contributed by atoms with Gasteiger partial charge in [0.25, 0.3) is 0 Å². The topological polar surface area (TPSA) is 33.7 Å². The summed E-state index contributed by atoms with van der Waals surface area (Å²) in [5, 5.41) is 3.40. The van der Waals surface area contributed by atoms with Gasteiger partial charge in [-0.3, -0.25) is 4.90 Å². The molecule has 128 valence electrons. The molecule has 0 saturated carbocycles. The maximum Gasteiger partial charge on any atom is 0.161 e. The van der Waals surface area contributed by atoms with E-state index in [0.717, 1.165) is 43.2 Å².